The summed E-state index contributed by atoms with van der Waals surface area (Å²) < 4.78 is 0. The van der Waals surface area contributed by atoms with Crippen molar-refractivity contribution in [2.45, 2.75) is 33.1 Å². The fourth-order valence-corrected chi connectivity index (χ4v) is 2.73. The lowest BCUT2D eigenvalue weighted by atomic mass is 9.86. The van der Waals surface area contributed by atoms with Crippen molar-refractivity contribution in [1.82, 2.24) is 10.4 Å². The van der Waals surface area contributed by atoms with Crippen molar-refractivity contribution in [3.63, 3.8) is 0 Å². The molecule has 128 valence electrons. The third kappa shape index (κ3) is 3.63. The first-order valence-corrected chi connectivity index (χ1v) is 8.38. The summed E-state index contributed by atoms with van der Waals surface area (Å²) in [6, 6.07) is 16.0. The SMILES string of the molecule is CC(=NNC(=O)c1c[nH]c2ccccc12)c1ccc(C(C)(C)C)cc1. The van der Waals surface area contributed by atoms with Crippen molar-refractivity contribution >= 4 is 22.5 Å². The lowest BCUT2D eigenvalue weighted by Crippen LogP contribution is -2.19. The van der Waals surface area contributed by atoms with Gasteiger partial charge in [-0.05, 0) is 29.5 Å². The molecule has 1 aromatic heterocycles. The number of hydrazone groups is 1. The minimum Gasteiger partial charge on any atom is -0.360 e. The van der Waals surface area contributed by atoms with Gasteiger partial charge in [0.25, 0.3) is 5.91 Å². The number of amides is 1. The van der Waals surface area contributed by atoms with Gasteiger partial charge in [-0.3, -0.25) is 4.79 Å². The smallest absolute Gasteiger partial charge is 0.273 e. The van der Waals surface area contributed by atoms with Crippen molar-refractivity contribution in [1.29, 1.82) is 0 Å². The van der Waals surface area contributed by atoms with Gasteiger partial charge in [-0.2, -0.15) is 5.10 Å². The van der Waals surface area contributed by atoms with Crippen LogP contribution in [0.1, 0.15) is 49.2 Å². The monoisotopic (exact) mass is 333 g/mol. The molecule has 0 aliphatic carbocycles. The first kappa shape index (κ1) is 17.0. The summed E-state index contributed by atoms with van der Waals surface area (Å²) in [5.41, 5.74) is 7.33. The van der Waals surface area contributed by atoms with Gasteiger partial charge in [0.1, 0.15) is 0 Å². The number of H-pyrrole nitrogens is 1. The van der Waals surface area contributed by atoms with Crippen LogP contribution in [-0.2, 0) is 5.41 Å². The summed E-state index contributed by atoms with van der Waals surface area (Å²) in [7, 11) is 0. The predicted molar refractivity (Wildman–Crippen MR) is 103 cm³/mol. The largest absolute Gasteiger partial charge is 0.360 e. The molecule has 0 saturated carbocycles. The number of nitrogens with zero attached hydrogens (tertiary/aromatic N) is 1. The Morgan fingerprint density at radius 3 is 2.40 bits per heavy atom. The highest BCUT2D eigenvalue weighted by molar-refractivity contribution is 6.07. The van der Waals surface area contributed by atoms with Crippen LogP contribution in [0.5, 0.6) is 0 Å². The van der Waals surface area contributed by atoms with Gasteiger partial charge in [-0.1, -0.05) is 63.2 Å². The average Bonchev–Trinajstić information content (AvgIpc) is 3.03. The zero-order chi connectivity index (χ0) is 18.0. The Labute approximate surface area is 148 Å². The van der Waals surface area contributed by atoms with Crippen LogP contribution in [0.25, 0.3) is 10.9 Å². The molecule has 0 bridgehead atoms. The number of aromatic nitrogens is 1. The van der Waals surface area contributed by atoms with Crippen LogP contribution in [0, 0.1) is 0 Å². The minimum atomic E-state index is -0.219. The summed E-state index contributed by atoms with van der Waals surface area (Å²) in [6.45, 7) is 8.45. The zero-order valence-corrected chi connectivity index (χ0v) is 15.1. The fraction of sp³-hybridized carbons (Fsp3) is 0.238. The minimum absolute atomic E-state index is 0.118. The Hall–Kier alpha value is -2.88. The second-order valence-corrected chi connectivity index (χ2v) is 7.21. The van der Waals surface area contributed by atoms with Crippen LogP contribution in [0.3, 0.4) is 0 Å². The topological polar surface area (TPSA) is 57.2 Å². The van der Waals surface area contributed by atoms with E-state index in [1.807, 2.05) is 43.3 Å². The van der Waals surface area contributed by atoms with E-state index < -0.39 is 0 Å². The lowest BCUT2D eigenvalue weighted by molar-refractivity contribution is 0.0956. The molecule has 0 radical (unpaired) electrons. The number of benzene rings is 2. The van der Waals surface area contributed by atoms with Gasteiger partial charge in [-0.15, -0.1) is 0 Å². The number of carbonyl (C=O) groups is 1. The molecule has 0 unspecified atom stereocenters. The van der Waals surface area contributed by atoms with Gasteiger partial charge in [0.15, 0.2) is 0 Å². The predicted octanol–water partition coefficient (Wildman–Crippen LogP) is 4.62. The van der Waals surface area contributed by atoms with Crippen LogP contribution < -0.4 is 5.43 Å². The standard InChI is InChI=1S/C21H23N3O/c1-14(15-9-11-16(12-10-15)21(2,3)4)23-24-20(25)18-13-22-19-8-6-5-7-17(18)19/h5-13,22H,1-4H3,(H,24,25). The maximum atomic E-state index is 12.4. The van der Waals surface area contributed by atoms with E-state index in [2.05, 4.69) is 48.4 Å². The van der Waals surface area contributed by atoms with E-state index in [9.17, 15) is 4.79 Å². The normalized spacial score (nSPS) is 12.4. The van der Waals surface area contributed by atoms with Crippen LogP contribution in [0.4, 0.5) is 0 Å². The van der Waals surface area contributed by atoms with E-state index in [1.165, 1.54) is 5.56 Å². The lowest BCUT2D eigenvalue weighted by Gasteiger charge is -2.19. The molecule has 2 N–H and O–H groups in total. The molecule has 3 aromatic rings. The summed E-state index contributed by atoms with van der Waals surface area (Å²) in [5.74, 6) is -0.219. The quantitative estimate of drug-likeness (QED) is 0.533. The van der Waals surface area contributed by atoms with Crippen molar-refractivity contribution < 1.29 is 4.79 Å². The summed E-state index contributed by atoms with van der Waals surface area (Å²) in [5, 5.41) is 5.14. The molecular weight excluding hydrogens is 310 g/mol. The molecule has 2 aromatic carbocycles. The second-order valence-electron chi connectivity index (χ2n) is 7.21. The number of para-hydroxylation sites is 1. The van der Waals surface area contributed by atoms with Crippen molar-refractivity contribution in [2.75, 3.05) is 0 Å². The molecule has 0 spiro atoms. The maximum absolute atomic E-state index is 12.4. The van der Waals surface area contributed by atoms with Crippen molar-refractivity contribution in [3.8, 4) is 0 Å². The van der Waals surface area contributed by atoms with E-state index >= 15 is 0 Å². The first-order chi connectivity index (χ1) is 11.9. The van der Waals surface area contributed by atoms with Gasteiger partial charge in [0.05, 0.1) is 11.3 Å². The molecule has 25 heavy (non-hydrogen) atoms. The van der Waals surface area contributed by atoms with E-state index in [0.717, 1.165) is 22.2 Å². The molecule has 0 atom stereocenters. The zero-order valence-electron chi connectivity index (χ0n) is 15.1. The number of rotatable bonds is 3. The molecule has 0 fully saturated rings. The van der Waals surface area contributed by atoms with Gasteiger partial charge < -0.3 is 4.98 Å². The molecule has 4 nitrogen and oxygen atoms in total. The molecule has 0 saturated heterocycles. The number of fused-ring (bicyclic) bond motifs is 1. The van der Waals surface area contributed by atoms with Gasteiger partial charge in [0, 0.05) is 17.1 Å². The summed E-state index contributed by atoms with van der Waals surface area (Å²) in [6.07, 6.45) is 1.71. The molecule has 4 heteroatoms. The Balaban J connectivity index is 1.76. The second kappa shape index (κ2) is 6.55. The number of aromatic amines is 1. The van der Waals surface area contributed by atoms with Crippen molar-refractivity contribution in [3.05, 3.63) is 71.4 Å². The van der Waals surface area contributed by atoms with Gasteiger partial charge in [0.2, 0.25) is 0 Å². The molecule has 0 aliphatic rings. The van der Waals surface area contributed by atoms with E-state index in [1.54, 1.807) is 6.20 Å². The van der Waals surface area contributed by atoms with Crippen LogP contribution >= 0.6 is 0 Å². The van der Waals surface area contributed by atoms with E-state index in [-0.39, 0.29) is 11.3 Å². The maximum Gasteiger partial charge on any atom is 0.273 e. The van der Waals surface area contributed by atoms with Gasteiger partial charge in [-0.25, -0.2) is 5.43 Å². The van der Waals surface area contributed by atoms with Gasteiger partial charge >= 0.3 is 0 Å². The third-order valence-corrected chi connectivity index (χ3v) is 4.33. The summed E-state index contributed by atoms with van der Waals surface area (Å²) >= 11 is 0. The van der Waals surface area contributed by atoms with E-state index in [4.69, 9.17) is 0 Å². The van der Waals surface area contributed by atoms with Crippen molar-refractivity contribution in [2.24, 2.45) is 5.10 Å². The molecule has 0 aliphatic heterocycles. The Bertz CT molecular complexity index is 928. The Morgan fingerprint density at radius 2 is 1.72 bits per heavy atom. The highest BCUT2D eigenvalue weighted by Crippen LogP contribution is 2.22. The Morgan fingerprint density at radius 1 is 1.04 bits per heavy atom. The highest BCUT2D eigenvalue weighted by atomic mass is 16.2. The fourth-order valence-electron chi connectivity index (χ4n) is 2.73. The molecular formula is C21H23N3O. The van der Waals surface area contributed by atoms with Crippen LogP contribution in [0.15, 0.2) is 59.8 Å². The van der Waals surface area contributed by atoms with Crippen LogP contribution in [0.2, 0.25) is 0 Å². The first-order valence-electron chi connectivity index (χ1n) is 8.38. The third-order valence-electron chi connectivity index (χ3n) is 4.33. The summed E-state index contributed by atoms with van der Waals surface area (Å²) in [4.78, 5) is 15.5. The number of nitrogens with one attached hydrogen (secondary N) is 2. The molecule has 1 heterocycles. The van der Waals surface area contributed by atoms with E-state index in [0.29, 0.717) is 5.56 Å². The molecule has 3 rings (SSSR count). The Kier molecular flexibility index (Phi) is 4.45. The molecule has 1 amide bonds. The van der Waals surface area contributed by atoms with Crippen LogP contribution in [-0.4, -0.2) is 16.6 Å². The highest BCUT2D eigenvalue weighted by Gasteiger charge is 2.14. The number of carbonyl (C=O) groups excluding carboxylic acids is 1. The number of hydrogen-bond donors (Lipinski definition) is 2. The average molecular weight is 333 g/mol. The number of hydrogen-bond acceptors (Lipinski definition) is 2.